The molecule has 0 unspecified atom stereocenters. The molecule has 2 aromatic carbocycles. The zero-order valence-electron chi connectivity index (χ0n) is 11.4. The molecule has 0 heterocycles. The van der Waals surface area contributed by atoms with Crippen LogP contribution in [0.4, 0.5) is 11.4 Å². The van der Waals surface area contributed by atoms with Gasteiger partial charge in [0.1, 0.15) is 11.3 Å². The highest BCUT2D eigenvalue weighted by molar-refractivity contribution is 5.95. The molecule has 0 aromatic heterocycles. The molecule has 0 N–H and O–H groups in total. The van der Waals surface area contributed by atoms with E-state index in [-0.39, 0.29) is 22.7 Å². The molecule has 0 fully saturated rings. The van der Waals surface area contributed by atoms with Gasteiger partial charge in [-0.3, -0.25) is 20.2 Å². The summed E-state index contributed by atoms with van der Waals surface area (Å²) in [5.74, 6) is -1.01. The van der Waals surface area contributed by atoms with Crippen molar-refractivity contribution in [1.82, 2.24) is 0 Å². The lowest BCUT2D eigenvalue weighted by atomic mass is 10.1. The van der Waals surface area contributed by atoms with Crippen molar-refractivity contribution < 1.29 is 19.4 Å². The molecular formula is C14H10N2O6. The number of carbonyl (C=O) groups is 1. The first-order chi connectivity index (χ1) is 10.4. The lowest BCUT2D eigenvalue weighted by Gasteiger charge is -2.06. The quantitative estimate of drug-likeness (QED) is 0.371. The number of benzene rings is 2. The molecule has 8 nitrogen and oxygen atoms in total. The number of nitro groups is 2. The average molecular weight is 302 g/mol. The maximum Gasteiger partial charge on any atom is 0.350 e. The maximum absolute atomic E-state index is 12.1. The molecule has 0 atom stereocenters. The van der Waals surface area contributed by atoms with Crippen LogP contribution in [0.2, 0.25) is 0 Å². The Balaban J connectivity index is 2.34. The van der Waals surface area contributed by atoms with Crippen molar-refractivity contribution in [3.05, 3.63) is 73.8 Å². The molecule has 22 heavy (non-hydrogen) atoms. The van der Waals surface area contributed by atoms with Gasteiger partial charge < -0.3 is 4.74 Å². The third-order valence-electron chi connectivity index (χ3n) is 2.88. The van der Waals surface area contributed by atoms with Crippen molar-refractivity contribution in [1.29, 1.82) is 0 Å². The summed E-state index contributed by atoms with van der Waals surface area (Å²) in [6, 6.07) is 9.28. The Labute approximate surface area is 124 Å². The van der Waals surface area contributed by atoms with Crippen LogP contribution < -0.4 is 4.74 Å². The number of hydrogen-bond donors (Lipinski definition) is 0. The molecule has 0 aliphatic carbocycles. The van der Waals surface area contributed by atoms with Gasteiger partial charge in [0.15, 0.2) is 0 Å². The van der Waals surface area contributed by atoms with Crippen molar-refractivity contribution in [3.8, 4) is 5.75 Å². The van der Waals surface area contributed by atoms with Gasteiger partial charge >= 0.3 is 5.97 Å². The molecule has 0 bridgehead atoms. The van der Waals surface area contributed by atoms with Gasteiger partial charge in [0.2, 0.25) is 0 Å². The molecule has 8 heteroatoms. The van der Waals surface area contributed by atoms with Crippen LogP contribution in [0.3, 0.4) is 0 Å². The molecule has 0 spiro atoms. The van der Waals surface area contributed by atoms with Crippen LogP contribution in [0.5, 0.6) is 5.75 Å². The van der Waals surface area contributed by atoms with Gasteiger partial charge in [-0.15, -0.1) is 0 Å². The summed E-state index contributed by atoms with van der Waals surface area (Å²) in [7, 11) is 0. The zero-order valence-corrected chi connectivity index (χ0v) is 11.4. The average Bonchev–Trinajstić information content (AvgIpc) is 2.46. The Morgan fingerprint density at radius 1 is 1.05 bits per heavy atom. The topological polar surface area (TPSA) is 113 Å². The highest BCUT2D eigenvalue weighted by Crippen LogP contribution is 2.25. The van der Waals surface area contributed by atoms with E-state index in [1.54, 1.807) is 0 Å². The summed E-state index contributed by atoms with van der Waals surface area (Å²) in [5, 5.41) is 21.7. The van der Waals surface area contributed by atoms with E-state index in [1.807, 2.05) is 0 Å². The fourth-order valence-corrected chi connectivity index (χ4v) is 1.89. The van der Waals surface area contributed by atoms with Crippen molar-refractivity contribution in [2.45, 2.75) is 6.92 Å². The summed E-state index contributed by atoms with van der Waals surface area (Å²) in [4.78, 5) is 32.5. The predicted octanol–water partition coefficient (Wildman–Crippen LogP) is 3.03. The number of esters is 1. The molecule has 0 saturated carbocycles. The predicted molar refractivity (Wildman–Crippen MR) is 75.9 cm³/mol. The fraction of sp³-hybridized carbons (Fsp3) is 0.0714. The van der Waals surface area contributed by atoms with Gasteiger partial charge in [0, 0.05) is 11.6 Å². The van der Waals surface area contributed by atoms with Gasteiger partial charge in [-0.2, -0.15) is 0 Å². The van der Waals surface area contributed by atoms with E-state index in [4.69, 9.17) is 4.74 Å². The van der Waals surface area contributed by atoms with E-state index in [9.17, 15) is 25.0 Å². The molecule has 0 aliphatic rings. The highest BCUT2D eigenvalue weighted by Gasteiger charge is 2.24. The highest BCUT2D eigenvalue weighted by atomic mass is 16.6. The number of nitrogens with zero attached hydrogens (tertiary/aromatic N) is 2. The standard InChI is InChI=1S/C14H10N2O6/c1-9-4-2-7-12(13(9)16(20)21)14(17)22-11-6-3-5-10(8-11)15(18)19/h2-8H,1H3. The molecule has 0 aliphatic heterocycles. The normalized spacial score (nSPS) is 10.0. The largest absolute Gasteiger partial charge is 0.422 e. The van der Waals surface area contributed by atoms with Crippen LogP contribution in [0.1, 0.15) is 15.9 Å². The van der Waals surface area contributed by atoms with Gasteiger partial charge in [-0.1, -0.05) is 18.2 Å². The number of carbonyl (C=O) groups excluding carboxylic acids is 1. The summed E-state index contributed by atoms with van der Waals surface area (Å²) < 4.78 is 4.99. The van der Waals surface area contributed by atoms with E-state index in [2.05, 4.69) is 0 Å². The molecule has 2 aromatic rings. The number of rotatable bonds is 4. The third kappa shape index (κ3) is 3.06. The van der Waals surface area contributed by atoms with Gasteiger partial charge in [-0.25, -0.2) is 4.79 Å². The molecule has 0 amide bonds. The number of hydrogen-bond acceptors (Lipinski definition) is 6. The first-order valence-electron chi connectivity index (χ1n) is 6.11. The number of nitro benzene ring substituents is 2. The van der Waals surface area contributed by atoms with Crippen LogP contribution in [0, 0.1) is 27.2 Å². The summed E-state index contributed by atoms with van der Waals surface area (Å²) in [6.45, 7) is 1.50. The van der Waals surface area contributed by atoms with Crippen LogP contribution in [0.15, 0.2) is 42.5 Å². The minimum Gasteiger partial charge on any atom is -0.422 e. The van der Waals surface area contributed by atoms with E-state index >= 15 is 0 Å². The van der Waals surface area contributed by atoms with Gasteiger partial charge in [0.05, 0.1) is 15.9 Å². The molecule has 0 saturated heterocycles. The minimum atomic E-state index is -0.948. The van der Waals surface area contributed by atoms with Crippen molar-refractivity contribution in [2.75, 3.05) is 0 Å². The Morgan fingerprint density at radius 2 is 1.73 bits per heavy atom. The Hall–Kier alpha value is -3.29. The summed E-state index contributed by atoms with van der Waals surface area (Å²) in [5.41, 5.74) is -0.489. The van der Waals surface area contributed by atoms with E-state index in [0.29, 0.717) is 5.56 Å². The second-order valence-corrected chi connectivity index (χ2v) is 4.37. The van der Waals surface area contributed by atoms with Gasteiger partial charge in [-0.05, 0) is 19.1 Å². The Kier molecular flexibility index (Phi) is 4.12. The van der Waals surface area contributed by atoms with Crippen molar-refractivity contribution in [3.63, 3.8) is 0 Å². The number of ether oxygens (including phenoxy) is 1. The third-order valence-corrected chi connectivity index (χ3v) is 2.88. The molecule has 112 valence electrons. The van der Waals surface area contributed by atoms with Crippen LogP contribution in [-0.4, -0.2) is 15.8 Å². The molecule has 2 rings (SSSR count). The van der Waals surface area contributed by atoms with Crippen molar-refractivity contribution in [2.24, 2.45) is 0 Å². The fourth-order valence-electron chi connectivity index (χ4n) is 1.89. The summed E-state index contributed by atoms with van der Waals surface area (Å²) in [6.07, 6.45) is 0. The summed E-state index contributed by atoms with van der Waals surface area (Å²) >= 11 is 0. The van der Waals surface area contributed by atoms with E-state index < -0.39 is 15.8 Å². The number of para-hydroxylation sites is 1. The Morgan fingerprint density at radius 3 is 2.36 bits per heavy atom. The maximum atomic E-state index is 12.1. The SMILES string of the molecule is Cc1cccc(C(=O)Oc2cccc([N+](=O)[O-])c2)c1[N+](=O)[O-]. The molecule has 0 radical (unpaired) electrons. The van der Waals surface area contributed by atoms with Crippen LogP contribution in [0.25, 0.3) is 0 Å². The smallest absolute Gasteiger partial charge is 0.350 e. The van der Waals surface area contributed by atoms with E-state index in [1.165, 1.54) is 43.3 Å². The van der Waals surface area contributed by atoms with Crippen molar-refractivity contribution >= 4 is 17.3 Å². The zero-order chi connectivity index (χ0) is 16.3. The second kappa shape index (κ2) is 6.00. The number of non-ortho nitro benzene ring substituents is 1. The van der Waals surface area contributed by atoms with Crippen LogP contribution in [-0.2, 0) is 0 Å². The lowest BCUT2D eigenvalue weighted by Crippen LogP contribution is -2.12. The van der Waals surface area contributed by atoms with E-state index in [0.717, 1.165) is 6.07 Å². The first-order valence-corrected chi connectivity index (χ1v) is 6.11. The minimum absolute atomic E-state index is 0.0602. The van der Waals surface area contributed by atoms with Crippen LogP contribution >= 0.6 is 0 Å². The molecular weight excluding hydrogens is 292 g/mol. The lowest BCUT2D eigenvalue weighted by molar-refractivity contribution is -0.385. The first kappa shape index (κ1) is 15.1. The Bertz CT molecular complexity index is 772. The van der Waals surface area contributed by atoms with Gasteiger partial charge in [0.25, 0.3) is 11.4 Å². The monoisotopic (exact) mass is 302 g/mol. The second-order valence-electron chi connectivity index (χ2n) is 4.37. The number of aryl methyl sites for hydroxylation is 1.